The van der Waals surface area contributed by atoms with Crippen molar-refractivity contribution in [3.8, 4) is 6.07 Å². The molecule has 0 aliphatic carbocycles. The molecule has 2 rings (SSSR count). The molecule has 2 aromatic rings. The van der Waals surface area contributed by atoms with E-state index in [-0.39, 0.29) is 5.56 Å². The molecule has 0 bridgehead atoms. The molecule has 116 valence electrons. The molecule has 0 fully saturated rings. The number of carbonyl (C=O) groups excluding carboxylic acids is 2. The number of nitriles is 1. The summed E-state index contributed by atoms with van der Waals surface area (Å²) in [5, 5.41) is 11.9. The quantitative estimate of drug-likeness (QED) is 0.872. The van der Waals surface area contributed by atoms with Crippen LogP contribution in [-0.2, 0) is 9.53 Å². The number of rotatable bonds is 4. The standard InChI is InChI=1S/C17H13ClN2O3/c1-11(16(21)20-15-8-6-14(18)7-9-15)23-17(22)13-4-2-12(10-19)3-5-13/h2-9,11H,1H3,(H,20,21)/t11-/m1/s1. The van der Waals surface area contributed by atoms with Crippen molar-refractivity contribution in [2.45, 2.75) is 13.0 Å². The van der Waals surface area contributed by atoms with E-state index in [1.807, 2.05) is 6.07 Å². The van der Waals surface area contributed by atoms with E-state index in [4.69, 9.17) is 21.6 Å². The average Bonchev–Trinajstić information content (AvgIpc) is 2.56. The molecule has 2 aromatic carbocycles. The first-order chi connectivity index (χ1) is 11.0. The highest BCUT2D eigenvalue weighted by Crippen LogP contribution is 2.14. The number of ether oxygens (including phenoxy) is 1. The van der Waals surface area contributed by atoms with Gasteiger partial charge in [-0.2, -0.15) is 5.26 Å². The maximum absolute atomic E-state index is 12.0. The number of carbonyl (C=O) groups is 2. The van der Waals surface area contributed by atoms with Crippen LogP contribution in [0.5, 0.6) is 0 Å². The van der Waals surface area contributed by atoms with Crippen molar-refractivity contribution >= 4 is 29.2 Å². The first kappa shape index (κ1) is 16.5. The summed E-state index contributed by atoms with van der Waals surface area (Å²) >= 11 is 5.77. The molecule has 0 unspecified atom stereocenters. The molecule has 1 amide bonds. The van der Waals surface area contributed by atoms with E-state index in [1.54, 1.807) is 24.3 Å². The summed E-state index contributed by atoms with van der Waals surface area (Å²) in [4.78, 5) is 24.0. The second kappa shape index (κ2) is 7.43. The number of halogens is 1. The molecule has 0 saturated heterocycles. The van der Waals surface area contributed by atoms with Gasteiger partial charge in [-0.1, -0.05) is 11.6 Å². The van der Waals surface area contributed by atoms with Gasteiger partial charge in [0.15, 0.2) is 6.10 Å². The van der Waals surface area contributed by atoms with Crippen molar-refractivity contribution in [2.24, 2.45) is 0 Å². The third kappa shape index (κ3) is 4.56. The Bertz CT molecular complexity index is 749. The number of amides is 1. The van der Waals surface area contributed by atoms with E-state index < -0.39 is 18.0 Å². The molecule has 0 aromatic heterocycles. The van der Waals surface area contributed by atoms with Crippen LogP contribution in [-0.4, -0.2) is 18.0 Å². The van der Waals surface area contributed by atoms with Crippen molar-refractivity contribution in [3.63, 3.8) is 0 Å². The molecular weight excluding hydrogens is 316 g/mol. The molecule has 0 heterocycles. The van der Waals surface area contributed by atoms with Gasteiger partial charge in [-0.25, -0.2) is 4.79 Å². The zero-order valence-electron chi connectivity index (χ0n) is 12.2. The Labute approximate surface area is 138 Å². The molecule has 6 heteroatoms. The second-order valence-electron chi connectivity index (χ2n) is 4.73. The van der Waals surface area contributed by atoms with Crippen LogP contribution in [0.15, 0.2) is 48.5 Å². The Morgan fingerprint density at radius 2 is 1.74 bits per heavy atom. The predicted molar refractivity (Wildman–Crippen MR) is 86.1 cm³/mol. The molecular formula is C17H13ClN2O3. The lowest BCUT2D eigenvalue weighted by atomic mass is 10.1. The summed E-state index contributed by atoms with van der Waals surface area (Å²) < 4.78 is 5.11. The summed E-state index contributed by atoms with van der Waals surface area (Å²) in [7, 11) is 0. The van der Waals surface area contributed by atoms with Gasteiger partial charge < -0.3 is 10.1 Å². The summed E-state index contributed by atoms with van der Waals surface area (Å²) in [5.41, 5.74) is 1.27. The smallest absolute Gasteiger partial charge is 0.338 e. The minimum atomic E-state index is -0.964. The Balaban J connectivity index is 1.95. The van der Waals surface area contributed by atoms with Crippen LogP contribution in [0.25, 0.3) is 0 Å². The molecule has 1 N–H and O–H groups in total. The number of esters is 1. The van der Waals surface area contributed by atoms with Gasteiger partial charge in [0.25, 0.3) is 5.91 Å². The lowest BCUT2D eigenvalue weighted by Gasteiger charge is -2.13. The summed E-state index contributed by atoms with van der Waals surface area (Å²) in [5.74, 6) is -1.08. The van der Waals surface area contributed by atoms with Crippen LogP contribution in [0.1, 0.15) is 22.8 Å². The minimum Gasteiger partial charge on any atom is -0.449 e. The van der Waals surface area contributed by atoms with Crippen LogP contribution in [0, 0.1) is 11.3 Å². The van der Waals surface area contributed by atoms with Crippen LogP contribution in [0.3, 0.4) is 0 Å². The first-order valence-corrected chi connectivity index (χ1v) is 7.15. The van der Waals surface area contributed by atoms with Crippen LogP contribution in [0.2, 0.25) is 5.02 Å². The van der Waals surface area contributed by atoms with Crippen LogP contribution >= 0.6 is 11.6 Å². The third-order valence-electron chi connectivity index (χ3n) is 3.01. The van der Waals surface area contributed by atoms with Crippen LogP contribution < -0.4 is 5.32 Å². The molecule has 23 heavy (non-hydrogen) atoms. The number of nitrogens with zero attached hydrogens (tertiary/aromatic N) is 1. The second-order valence-corrected chi connectivity index (χ2v) is 5.17. The molecule has 0 saturated carbocycles. The largest absolute Gasteiger partial charge is 0.449 e. The highest BCUT2D eigenvalue weighted by Gasteiger charge is 2.19. The van der Waals surface area contributed by atoms with E-state index >= 15 is 0 Å². The van der Waals surface area contributed by atoms with Gasteiger partial charge in [-0.15, -0.1) is 0 Å². The molecule has 0 spiro atoms. The topological polar surface area (TPSA) is 79.2 Å². The molecule has 0 radical (unpaired) electrons. The summed E-state index contributed by atoms with van der Waals surface area (Å²) in [6, 6.07) is 14.5. The lowest BCUT2D eigenvalue weighted by molar-refractivity contribution is -0.123. The average molecular weight is 329 g/mol. The molecule has 5 nitrogen and oxygen atoms in total. The van der Waals surface area contributed by atoms with E-state index in [9.17, 15) is 9.59 Å². The van der Waals surface area contributed by atoms with Crippen molar-refractivity contribution in [3.05, 3.63) is 64.7 Å². The maximum Gasteiger partial charge on any atom is 0.338 e. The minimum absolute atomic E-state index is 0.273. The summed E-state index contributed by atoms with van der Waals surface area (Å²) in [6.07, 6.45) is -0.964. The van der Waals surface area contributed by atoms with Gasteiger partial charge in [0.05, 0.1) is 17.2 Å². The normalized spacial score (nSPS) is 11.2. The van der Waals surface area contributed by atoms with Gasteiger partial charge in [-0.3, -0.25) is 4.79 Å². The zero-order chi connectivity index (χ0) is 16.8. The third-order valence-corrected chi connectivity index (χ3v) is 3.27. The fraction of sp³-hybridized carbons (Fsp3) is 0.118. The lowest BCUT2D eigenvalue weighted by Crippen LogP contribution is -2.29. The number of hydrogen-bond acceptors (Lipinski definition) is 4. The number of anilines is 1. The van der Waals surface area contributed by atoms with Crippen molar-refractivity contribution in [1.82, 2.24) is 0 Å². The number of nitrogens with one attached hydrogen (secondary N) is 1. The Hall–Kier alpha value is -2.84. The Morgan fingerprint density at radius 3 is 2.30 bits per heavy atom. The number of benzene rings is 2. The molecule has 0 aliphatic heterocycles. The van der Waals surface area contributed by atoms with Crippen molar-refractivity contribution < 1.29 is 14.3 Å². The van der Waals surface area contributed by atoms with E-state index in [2.05, 4.69) is 5.32 Å². The van der Waals surface area contributed by atoms with Crippen LogP contribution in [0.4, 0.5) is 5.69 Å². The van der Waals surface area contributed by atoms with E-state index in [1.165, 1.54) is 31.2 Å². The van der Waals surface area contributed by atoms with E-state index in [0.29, 0.717) is 16.3 Å². The van der Waals surface area contributed by atoms with Gasteiger partial charge in [0.1, 0.15) is 0 Å². The highest BCUT2D eigenvalue weighted by molar-refractivity contribution is 6.30. The van der Waals surface area contributed by atoms with E-state index in [0.717, 1.165) is 0 Å². The molecule has 0 aliphatic rings. The highest BCUT2D eigenvalue weighted by atomic mass is 35.5. The zero-order valence-corrected chi connectivity index (χ0v) is 13.0. The summed E-state index contributed by atoms with van der Waals surface area (Å²) in [6.45, 7) is 1.48. The first-order valence-electron chi connectivity index (χ1n) is 6.77. The fourth-order valence-electron chi connectivity index (χ4n) is 1.74. The maximum atomic E-state index is 12.0. The van der Waals surface area contributed by atoms with Gasteiger partial charge in [0, 0.05) is 10.7 Å². The van der Waals surface area contributed by atoms with Gasteiger partial charge in [0.2, 0.25) is 0 Å². The Kier molecular flexibility index (Phi) is 5.34. The van der Waals surface area contributed by atoms with Crippen molar-refractivity contribution in [2.75, 3.05) is 5.32 Å². The SMILES string of the molecule is C[C@@H](OC(=O)c1ccc(C#N)cc1)C(=O)Nc1ccc(Cl)cc1. The predicted octanol–water partition coefficient (Wildman–Crippen LogP) is 3.40. The Morgan fingerprint density at radius 1 is 1.13 bits per heavy atom. The molecule has 1 atom stereocenters. The van der Waals surface area contributed by atoms with Gasteiger partial charge >= 0.3 is 5.97 Å². The monoisotopic (exact) mass is 328 g/mol. The fourth-order valence-corrected chi connectivity index (χ4v) is 1.87. The number of hydrogen-bond donors (Lipinski definition) is 1. The van der Waals surface area contributed by atoms with Crippen molar-refractivity contribution in [1.29, 1.82) is 5.26 Å². The van der Waals surface area contributed by atoms with Gasteiger partial charge in [-0.05, 0) is 55.5 Å².